The maximum Gasteiger partial charge on any atom is 0.261 e. The number of aliphatic hydroxyl groups is 1. The van der Waals surface area contributed by atoms with Gasteiger partial charge in [-0.15, -0.1) is 0 Å². The van der Waals surface area contributed by atoms with Gasteiger partial charge in [0.1, 0.15) is 0 Å². The number of fused-ring (bicyclic) bond motifs is 2. The number of carbonyl (C=O) groups excluding carboxylic acids is 2. The summed E-state index contributed by atoms with van der Waals surface area (Å²) >= 11 is 5.95. The lowest BCUT2D eigenvalue weighted by atomic mass is 9.89. The Kier molecular flexibility index (Phi) is 3.94. The number of halogens is 1. The number of allylic oxidation sites excluding steroid dienone is 1. The highest BCUT2D eigenvalue weighted by Crippen LogP contribution is 2.40. The van der Waals surface area contributed by atoms with Crippen molar-refractivity contribution in [2.45, 2.75) is 12.0 Å². The number of carbonyl (C=O) groups is 2. The molecule has 4 rings (SSSR count). The molecule has 132 valence electrons. The summed E-state index contributed by atoms with van der Waals surface area (Å²) < 4.78 is 10.5. The minimum Gasteiger partial charge on any atom is -0.454 e. The fraction of sp³-hybridized carbons (Fsp3) is 0.158. The number of hydrogen-bond donors (Lipinski definition) is 2. The van der Waals surface area contributed by atoms with Gasteiger partial charge < -0.3 is 19.9 Å². The van der Waals surface area contributed by atoms with E-state index in [2.05, 4.69) is 5.32 Å². The monoisotopic (exact) mass is 371 g/mol. The number of rotatable bonds is 4. The van der Waals surface area contributed by atoms with E-state index >= 15 is 0 Å². The first-order valence-electron chi connectivity index (χ1n) is 7.90. The van der Waals surface area contributed by atoms with Crippen LogP contribution in [-0.4, -0.2) is 23.6 Å². The molecular formula is C19H14ClNO5. The highest BCUT2D eigenvalue weighted by atomic mass is 35.5. The Morgan fingerprint density at radius 1 is 1.23 bits per heavy atom. The van der Waals surface area contributed by atoms with E-state index in [9.17, 15) is 14.7 Å². The summed E-state index contributed by atoms with van der Waals surface area (Å²) in [6.07, 6.45) is 2.54. The molecule has 0 aromatic heterocycles. The minimum absolute atomic E-state index is 0.172. The van der Waals surface area contributed by atoms with E-state index in [1.807, 2.05) is 0 Å². The van der Waals surface area contributed by atoms with Crippen LogP contribution in [0.4, 0.5) is 5.69 Å². The zero-order valence-corrected chi connectivity index (χ0v) is 14.2. The SMILES string of the molecule is O=C(/C=C\c1ccc2c(c1)OCO2)C[C@]1(O)C(=O)Nc2ccc(Cl)cc21. The molecule has 1 atom stereocenters. The number of benzene rings is 2. The maximum absolute atomic E-state index is 12.3. The van der Waals surface area contributed by atoms with Gasteiger partial charge in [0.15, 0.2) is 22.9 Å². The summed E-state index contributed by atoms with van der Waals surface area (Å²) in [5, 5.41) is 13.7. The number of nitrogens with one attached hydrogen (secondary N) is 1. The molecule has 26 heavy (non-hydrogen) atoms. The molecule has 0 unspecified atom stereocenters. The Labute approximate surface area is 154 Å². The summed E-state index contributed by atoms with van der Waals surface area (Å²) in [5.74, 6) is 0.226. The van der Waals surface area contributed by atoms with Gasteiger partial charge in [0.2, 0.25) is 6.79 Å². The Bertz CT molecular complexity index is 955. The molecule has 2 aliphatic rings. The predicted molar refractivity (Wildman–Crippen MR) is 95.2 cm³/mol. The molecule has 0 saturated carbocycles. The fourth-order valence-electron chi connectivity index (χ4n) is 3.01. The molecule has 1 amide bonds. The van der Waals surface area contributed by atoms with Crippen molar-refractivity contribution in [1.29, 1.82) is 0 Å². The van der Waals surface area contributed by atoms with Crippen LogP contribution < -0.4 is 14.8 Å². The van der Waals surface area contributed by atoms with Crippen molar-refractivity contribution >= 4 is 35.1 Å². The first-order valence-corrected chi connectivity index (χ1v) is 8.28. The average molecular weight is 372 g/mol. The van der Waals surface area contributed by atoms with Crippen molar-refractivity contribution in [3.05, 3.63) is 58.6 Å². The highest BCUT2D eigenvalue weighted by Gasteiger charge is 2.46. The summed E-state index contributed by atoms with van der Waals surface area (Å²) in [5.41, 5.74) is -0.431. The summed E-state index contributed by atoms with van der Waals surface area (Å²) in [4.78, 5) is 24.5. The third kappa shape index (κ3) is 2.83. The van der Waals surface area contributed by atoms with Crippen molar-refractivity contribution in [3.63, 3.8) is 0 Å². The predicted octanol–water partition coefficient (Wildman–Crippen LogP) is 2.88. The van der Waals surface area contributed by atoms with Crippen molar-refractivity contribution < 1.29 is 24.2 Å². The average Bonchev–Trinajstić information content (AvgIpc) is 3.17. The van der Waals surface area contributed by atoms with Crippen LogP contribution in [-0.2, 0) is 15.2 Å². The maximum atomic E-state index is 12.3. The van der Waals surface area contributed by atoms with Gasteiger partial charge in [-0.1, -0.05) is 23.7 Å². The number of ether oxygens (including phenoxy) is 2. The minimum atomic E-state index is -1.93. The third-order valence-corrected chi connectivity index (χ3v) is 4.57. The number of ketones is 1. The topological polar surface area (TPSA) is 84.9 Å². The van der Waals surface area contributed by atoms with Crippen LogP contribution in [0.1, 0.15) is 17.5 Å². The van der Waals surface area contributed by atoms with Crippen LogP contribution >= 0.6 is 11.6 Å². The van der Waals surface area contributed by atoms with Gasteiger partial charge in [0.05, 0.1) is 6.42 Å². The molecule has 6 nitrogen and oxygen atoms in total. The van der Waals surface area contributed by atoms with Gasteiger partial charge in [-0.25, -0.2) is 0 Å². The quantitative estimate of drug-likeness (QED) is 0.807. The molecule has 7 heteroatoms. The van der Waals surface area contributed by atoms with Crippen molar-refractivity contribution in [3.8, 4) is 11.5 Å². The first kappa shape index (κ1) is 16.6. The van der Waals surface area contributed by atoms with E-state index in [-0.39, 0.29) is 13.2 Å². The summed E-state index contributed by atoms with van der Waals surface area (Å²) in [7, 11) is 0. The van der Waals surface area contributed by atoms with Crippen LogP contribution in [0.2, 0.25) is 5.02 Å². The van der Waals surface area contributed by atoms with Crippen LogP contribution in [0.15, 0.2) is 42.5 Å². The van der Waals surface area contributed by atoms with E-state index in [1.165, 1.54) is 12.1 Å². The van der Waals surface area contributed by atoms with Gasteiger partial charge in [-0.2, -0.15) is 0 Å². The van der Waals surface area contributed by atoms with E-state index in [0.29, 0.717) is 27.8 Å². The summed E-state index contributed by atoms with van der Waals surface area (Å²) in [6, 6.07) is 9.97. The van der Waals surface area contributed by atoms with Crippen LogP contribution in [0.25, 0.3) is 6.08 Å². The van der Waals surface area contributed by atoms with Crippen molar-refractivity contribution in [2.75, 3.05) is 12.1 Å². The van der Waals surface area contributed by atoms with Crippen LogP contribution in [0.5, 0.6) is 11.5 Å². The van der Waals surface area contributed by atoms with Gasteiger partial charge in [-0.3, -0.25) is 9.59 Å². The fourth-order valence-corrected chi connectivity index (χ4v) is 3.18. The van der Waals surface area contributed by atoms with Crippen molar-refractivity contribution in [2.24, 2.45) is 0 Å². The van der Waals surface area contributed by atoms with Gasteiger partial charge in [-0.05, 0) is 42.0 Å². The zero-order valence-electron chi connectivity index (χ0n) is 13.5. The van der Waals surface area contributed by atoms with Crippen molar-refractivity contribution in [1.82, 2.24) is 0 Å². The lowest BCUT2D eigenvalue weighted by molar-refractivity contribution is -0.138. The second-order valence-corrected chi connectivity index (χ2v) is 6.53. The molecule has 0 bridgehead atoms. The van der Waals surface area contributed by atoms with E-state index < -0.39 is 17.3 Å². The molecule has 0 radical (unpaired) electrons. The Morgan fingerprint density at radius 2 is 2.04 bits per heavy atom. The van der Waals surface area contributed by atoms with E-state index in [0.717, 1.165) is 5.56 Å². The molecule has 0 saturated heterocycles. The summed E-state index contributed by atoms with van der Waals surface area (Å²) in [6.45, 7) is 0.172. The normalized spacial score (nSPS) is 20.3. The van der Waals surface area contributed by atoms with Crippen LogP contribution in [0.3, 0.4) is 0 Å². The number of amides is 1. The molecule has 2 aliphatic heterocycles. The molecule has 2 aromatic rings. The van der Waals surface area contributed by atoms with E-state index in [4.69, 9.17) is 21.1 Å². The Morgan fingerprint density at radius 3 is 2.88 bits per heavy atom. The molecule has 2 aromatic carbocycles. The first-order chi connectivity index (χ1) is 12.5. The lowest BCUT2D eigenvalue weighted by Gasteiger charge is -2.19. The standard InChI is InChI=1S/C19H14ClNO5/c20-12-3-5-15-14(8-12)19(24,18(23)21-15)9-13(22)4-1-11-2-6-16-17(7-11)26-10-25-16/h1-8,24H,9-10H2,(H,21,23)/b4-1-/t19-/m1/s1. The highest BCUT2D eigenvalue weighted by molar-refractivity contribution is 6.31. The Hall–Kier alpha value is -2.83. The largest absolute Gasteiger partial charge is 0.454 e. The molecule has 0 aliphatic carbocycles. The molecule has 0 fully saturated rings. The molecule has 0 spiro atoms. The second kappa shape index (κ2) is 6.16. The zero-order chi connectivity index (χ0) is 18.3. The number of anilines is 1. The second-order valence-electron chi connectivity index (χ2n) is 6.09. The Balaban J connectivity index is 1.53. The van der Waals surface area contributed by atoms with Gasteiger partial charge in [0.25, 0.3) is 5.91 Å². The van der Waals surface area contributed by atoms with Crippen LogP contribution in [0, 0.1) is 0 Å². The van der Waals surface area contributed by atoms with Gasteiger partial charge in [0, 0.05) is 16.3 Å². The third-order valence-electron chi connectivity index (χ3n) is 4.34. The number of hydrogen-bond acceptors (Lipinski definition) is 5. The van der Waals surface area contributed by atoms with E-state index in [1.54, 1.807) is 36.4 Å². The smallest absolute Gasteiger partial charge is 0.261 e. The molecular weight excluding hydrogens is 358 g/mol. The lowest BCUT2D eigenvalue weighted by Crippen LogP contribution is -2.36. The van der Waals surface area contributed by atoms with Gasteiger partial charge >= 0.3 is 0 Å². The molecule has 2 N–H and O–H groups in total. The molecule has 2 heterocycles.